The summed E-state index contributed by atoms with van der Waals surface area (Å²) in [5.41, 5.74) is 0.922. The van der Waals surface area contributed by atoms with Crippen LogP contribution in [-0.4, -0.2) is 25.2 Å². The monoisotopic (exact) mass is 236 g/mol. The Balaban J connectivity index is 2.36. The first kappa shape index (κ1) is 12.0. The molecule has 0 amide bonds. The van der Waals surface area contributed by atoms with E-state index in [9.17, 15) is 10.1 Å². The molecule has 0 unspecified atom stereocenters. The number of nitrogens with one attached hydrogen (secondary N) is 1. The summed E-state index contributed by atoms with van der Waals surface area (Å²) in [6.45, 7) is 1.37. The minimum Gasteiger partial charge on any atom is -0.381 e. The minimum absolute atomic E-state index is 0.142. The van der Waals surface area contributed by atoms with Crippen molar-refractivity contribution in [2.75, 3.05) is 20.3 Å². The van der Waals surface area contributed by atoms with Gasteiger partial charge in [-0.1, -0.05) is 12.1 Å². The zero-order valence-electron chi connectivity index (χ0n) is 9.81. The number of hydrogen-bond acceptors (Lipinski definition) is 4. The Morgan fingerprint density at radius 3 is 2.71 bits per heavy atom. The molecule has 0 aromatic heterocycles. The van der Waals surface area contributed by atoms with E-state index in [4.69, 9.17) is 4.74 Å². The Morgan fingerprint density at radius 1 is 1.41 bits per heavy atom. The lowest BCUT2D eigenvalue weighted by atomic mass is 9.83. The maximum Gasteiger partial charge on any atom is 0.269 e. The van der Waals surface area contributed by atoms with E-state index in [1.54, 1.807) is 12.1 Å². The first-order chi connectivity index (χ1) is 8.18. The van der Waals surface area contributed by atoms with E-state index in [2.05, 4.69) is 5.32 Å². The van der Waals surface area contributed by atoms with Gasteiger partial charge in [-0.05, 0) is 25.5 Å². The highest BCUT2D eigenvalue weighted by Gasteiger charge is 2.33. The molecule has 1 N–H and O–H groups in total. The second kappa shape index (κ2) is 4.81. The molecule has 1 saturated heterocycles. The van der Waals surface area contributed by atoms with E-state index in [1.165, 1.54) is 6.07 Å². The van der Waals surface area contributed by atoms with Crippen LogP contribution in [0.4, 0.5) is 5.69 Å². The zero-order chi connectivity index (χ0) is 12.3. The molecule has 0 bridgehead atoms. The number of rotatable bonds is 3. The van der Waals surface area contributed by atoms with Crippen molar-refractivity contribution in [3.8, 4) is 0 Å². The highest BCUT2D eigenvalue weighted by Crippen LogP contribution is 2.33. The third-order valence-electron chi connectivity index (χ3n) is 3.43. The third-order valence-corrected chi connectivity index (χ3v) is 3.43. The molecule has 92 valence electrons. The molecular weight excluding hydrogens is 220 g/mol. The lowest BCUT2D eigenvalue weighted by Gasteiger charge is -2.37. The Morgan fingerprint density at radius 2 is 2.12 bits per heavy atom. The van der Waals surface area contributed by atoms with E-state index in [-0.39, 0.29) is 16.1 Å². The number of hydrogen-bond donors (Lipinski definition) is 1. The highest BCUT2D eigenvalue weighted by molar-refractivity contribution is 5.38. The number of benzene rings is 1. The normalized spacial score (nSPS) is 18.9. The fourth-order valence-corrected chi connectivity index (χ4v) is 2.32. The fraction of sp³-hybridized carbons (Fsp3) is 0.500. The Labute approximate surface area is 99.9 Å². The van der Waals surface area contributed by atoms with E-state index in [0.29, 0.717) is 13.2 Å². The van der Waals surface area contributed by atoms with E-state index in [0.717, 1.165) is 18.4 Å². The molecule has 1 aliphatic heterocycles. The van der Waals surface area contributed by atoms with Gasteiger partial charge in [0.15, 0.2) is 0 Å². The minimum atomic E-state index is -0.355. The Kier molecular flexibility index (Phi) is 3.40. The van der Waals surface area contributed by atoms with Gasteiger partial charge < -0.3 is 10.1 Å². The maximum absolute atomic E-state index is 10.8. The van der Waals surface area contributed by atoms with Crippen LogP contribution in [0.1, 0.15) is 18.4 Å². The van der Waals surface area contributed by atoms with Gasteiger partial charge in [0.05, 0.1) is 4.92 Å². The van der Waals surface area contributed by atoms with Gasteiger partial charge in [-0.15, -0.1) is 0 Å². The molecule has 0 radical (unpaired) electrons. The molecule has 1 heterocycles. The molecule has 1 aromatic carbocycles. The van der Waals surface area contributed by atoms with Gasteiger partial charge in [0, 0.05) is 30.9 Å². The van der Waals surface area contributed by atoms with Crippen molar-refractivity contribution in [3.05, 3.63) is 39.9 Å². The first-order valence-corrected chi connectivity index (χ1v) is 5.69. The van der Waals surface area contributed by atoms with Gasteiger partial charge in [0.1, 0.15) is 0 Å². The molecule has 5 heteroatoms. The third kappa shape index (κ3) is 2.30. The van der Waals surface area contributed by atoms with Crippen molar-refractivity contribution < 1.29 is 9.66 Å². The average Bonchev–Trinajstić information content (AvgIpc) is 2.39. The Bertz CT molecular complexity index is 414. The molecule has 1 aromatic rings. The fourth-order valence-electron chi connectivity index (χ4n) is 2.32. The zero-order valence-corrected chi connectivity index (χ0v) is 9.81. The number of non-ortho nitro benzene ring substituents is 1. The SMILES string of the molecule is CNC1(c2cccc([N+](=O)[O-])c2)CCOCC1. The maximum atomic E-state index is 10.8. The second-order valence-electron chi connectivity index (χ2n) is 4.25. The van der Waals surface area contributed by atoms with Gasteiger partial charge in [-0.25, -0.2) is 0 Å². The molecule has 0 saturated carbocycles. The number of ether oxygens (including phenoxy) is 1. The van der Waals surface area contributed by atoms with Crippen LogP contribution in [0.25, 0.3) is 0 Å². The Hall–Kier alpha value is -1.46. The van der Waals surface area contributed by atoms with Crippen molar-refractivity contribution in [2.24, 2.45) is 0 Å². The topological polar surface area (TPSA) is 64.4 Å². The van der Waals surface area contributed by atoms with E-state index < -0.39 is 0 Å². The summed E-state index contributed by atoms with van der Waals surface area (Å²) in [5, 5.41) is 14.1. The number of nitrogens with zero attached hydrogens (tertiary/aromatic N) is 1. The molecule has 0 atom stereocenters. The molecule has 1 aliphatic rings. The van der Waals surface area contributed by atoms with Crippen LogP contribution in [0.15, 0.2) is 24.3 Å². The summed E-state index contributed by atoms with van der Waals surface area (Å²) in [5.74, 6) is 0. The molecule has 5 nitrogen and oxygen atoms in total. The summed E-state index contributed by atoms with van der Waals surface area (Å²) >= 11 is 0. The van der Waals surface area contributed by atoms with Gasteiger partial charge in [0.2, 0.25) is 0 Å². The molecule has 1 fully saturated rings. The van der Waals surface area contributed by atoms with Gasteiger partial charge in [0.25, 0.3) is 5.69 Å². The summed E-state index contributed by atoms with van der Waals surface area (Å²) in [6.07, 6.45) is 1.68. The van der Waals surface area contributed by atoms with Crippen molar-refractivity contribution in [1.29, 1.82) is 0 Å². The van der Waals surface area contributed by atoms with E-state index in [1.807, 2.05) is 13.1 Å². The van der Waals surface area contributed by atoms with Crippen molar-refractivity contribution in [2.45, 2.75) is 18.4 Å². The van der Waals surface area contributed by atoms with Crippen molar-refractivity contribution >= 4 is 5.69 Å². The van der Waals surface area contributed by atoms with Crippen LogP contribution in [0.3, 0.4) is 0 Å². The van der Waals surface area contributed by atoms with Crippen LogP contribution in [-0.2, 0) is 10.3 Å². The lowest BCUT2D eigenvalue weighted by Crippen LogP contribution is -2.44. The largest absolute Gasteiger partial charge is 0.381 e. The standard InChI is InChI=1S/C12H16N2O3/c1-13-12(5-7-17-8-6-12)10-3-2-4-11(9-10)14(15)16/h2-4,9,13H,5-8H2,1H3. The molecule has 2 rings (SSSR count). The van der Waals surface area contributed by atoms with Crippen LogP contribution in [0.2, 0.25) is 0 Å². The molecule has 0 aliphatic carbocycles. The van der Waals surface area contributed by atoms with Crippen LogP contribution in [0, 0.1) is 10.1 Å². The number of nitro benzene ring substituents is 1. The van der Waals surface area contributed by atoms with Crippen molar-refractivity contribution in [3.63, 3.8) is 0 Å². The summed E-state index contributed by atoms with van der Waals surface area (Å²) in [6, 6.07) is 6.85. The second-order valence-corrected chi connectivity index (χ2v) is 4.25. The number of nitro groups is 1. The van der Waals surface area contributed by atoms with Gasteiger partial charge in [-0.2, -0.15) is 0 Å². The summed E-state index contributed by atoms with van der Waals surface area (Å²) in [7, 11) is 1.89. The first-order valence-electron chi connectivity index (χ1n) is 5.69. The van der Waals surface area contributed by atoms with Gasteiger partial charge in [-0.3, -0.25) is 10.1 Å². The van der Waals surface area contributed by atoms with Gasteiger partial charge >= 0.3 is 0 Å². The smallest absolute Gasteiger partial charge is 0.269 e. The molecular formula is C12H16N2O3. The van der Waals surface area contributed by atoms with Crippen LogP contribution < -0.4 is 5.32 Å². The molecule has 0 spiro atoms. The quantitative estimate of drug-likeness (QED) is 0.642. The summed E-state index contributed by atoms with van der Waals surface area (Å²) in [4.78, 5) is 10.4. The highest BCUT2D eigenvalue weighted by atomic mass is 16.6. The average molecular weight is 236 g/mol. The van der Waals surface area contributed by atoms with Crippen molar-refractivity contribution in [1.82, 2.24) is 5.32 Å². The van der Waals surface area contributed by atoms with Crippen LogP contribution in [0.5, 0.6) is 0 Å². The summed E-state index contributed by atoms with van der Waals surface area (Å²) < 4.78 is 5.35. The lowest BCUT2D eigenvalue weighted by molar-refractivity contribution is -0.385. The van der Waals surface area contributed by atoms with Crippen LogP contribution >= 0.6 is 0 Å². The predicted molar refractivity (Wildman–Crippen MR) is 63.9 cm³/mol. The molecule has 17 heavy (non-hydrogen) atoms. The van der Waals surface area contributed by atoms with E-state index >= 15 is 0 Å². The predicted octanol–water partition coefficient (Wildman–Crippen LogP) is 1.82.